The Bertz CT molecular complexity index is 189. The maximum absolute atomic E-state index is 9.72. The van der Waals surface area contributed by atoms with Gasteiger partial charge in [-0.1, -0.05) is 13.3 Å². The van der Waals surface area contributed by atoms with Gasteiger partial charge in [-0.15, -0.1) is 0 Å². The van der Waals surface area contributed by atoms with Gasteiger partial charge in [0.15, 0.2) is 0 Å². The molecular formula is C12H23NO. The highest BCUT2D eigenvalue weighted by molar-refractivity contribution is 4.92. The van der Waals surface area contributed by atoms with Crippen molar-refractivity contribution >= 4 is 0 Å². The molecule has 2 saturated carbocycles. The molecule has 0 heterocycles. The van der Waals surface area contributed by atoms with Crippen LogP contribution in [0, 0.1) is 5.92 Å². The van der Waals surface area contributed by atoms with Crippen LogP contribution in [0.5, 0.6) is 0 Å². The second-order valence-electron chi connectivity index (χ2n) is 5.10. The predicted octanol–water partition coefficient (Wildman–Crippen LogP) is 2.02. The lowest BCUT2D eigenvalue weighted by molar-refractivity contribution is 0.0334. The lowest BCUT2D eigenvalue weighted by Gasteiger charge is -2.39. The molecule has 0 aromatic carbocycles. The molecule has 0 aromatic rings. The van der Waals surface area contributed by atoms with Crippen molar-refractivity contribution < 1.29 is 5.11 Å². The molecule has 0 saturated heterocycles. The van der Waals surface area contributed by atoms with Crippen molar-refractivity contribution in [1.82, 2.24) is 4.90 Å². The zero-order chi connectivity index (χ0) is 10.1. The third kappa shape index (κ3) is 2.12. The van der Waals surface area contributed by atoms with Crippen LogP contribution in [0.4, 0.5) is 0 Å². The third-order valence-corrected chi connectivity index (χ3v) is 4.10. The lowest BCUT2D eigenvalue weighted by atomic mass is 9.80. The van der Waals surface area contributed by atoms with Gasteiger partial charge in [0.25, 0.3) is 0 Å². The van der Waals surface area contributed by atoms with E-state index in [0.717, 1.165) is 24.8 Å². The third-order valence-electron chi connectivity index (χ3n) is 4.10. The van der Waals surface area contributed by atoms with E-state index in [9.17, 15) is 5.11 Å². The molecule has 2 fully saturated rings. The van der Waals surface area contributed by atoms with Gasteiger partial charge in [-0.25, -0.2) is 0 Å². The molecule has 0 radical (unpaired) electrons. The van der Waals surface area contributed by atoms with E-state index in [1.807, 2.05) is 0 Å². The molecule has 2 heteroatoms. The highest BCUT2D eigenvalue weighted by Crippen LogP contribution is 2.36. The largest absolute Gasteiger partial charge is 0.393 e. The monoisotopic (exact) mass is 197 g/mol. The summed E-state index contributed by atoms with van der Waals surface area (Å²) in [7, 11) is 2.25. The maximum atomic E-state index is 9.72. The van der Waals surface area contributed by atoms with Gasteiger partial charge >= 0.3 is 0 Å². The molecule has 2 aliphatic rings. The van der Waals surface area contributed by atoms with Crippen LogP contribution in [0.2, 0.25) is 0 Å². The SMILES string of the molecule is CCC1CCC(O)CC1N(C)C1CC1. The van der Waals surface area contributed by atoms with Crippen LogP contribution < -0.4 is 0 Å². The first-order chi connectivity index (χ1) is 6.72. The quantitative estimate of drug-likeness (QED) is 0.748. The molecule has 14 heavy (non-hydrogen) atoms. The highest BCUT2D eigenvalue weighted by Gasteiger charge is 2.37. The maximum Gasteiger partial charge on any atom is 0.0555 e. The second kappa shape index (κ2) is 4.19. The van der Waals surface area contributed by atoms with Crippen LogP contribution in [0.3, 0.4) is 0 Å². The summed E-state index contributed by atoms with van der Waals surface area (Å²) in [5.74, 6) is 0.823. The molecule has 2 nitrogen and oxygen atoms in total. The predicted molar refractivity (Wildman–Crippen MR) is 58.2 cm³/mol. The first kappa shape index (κ1) is 10.4. The molecule has 2 rings (SSSR count). The molecular weight excluding hydrogens is 174 g/mol. The van der Waals surface area contributed by atoms with Gasteiger partial charge in [0.2, 0.25) is 0 Å². The fourth-order valence-electron chi connectivity index (χ4n) is 2.92. The number of aliphatic hydroxyl groups is 1. The zero-order valence-corrected chi connectivity index (χ0v) is 9.45. The van der Waals surface area contributed by atoms with E-state index >= 15 is 0 Å². The molecule has 2 aliphatic carbocycles. The van der Waals surface area contributed by atoms with E-state index in [1.165, 1.54) is 25.7 Å². The first-order valence-electron chi connectivity index (χ1n) is 6.12. The van der Waals surface area contributed by atoms with Crippen molar-refractivity contribution in [3.05, 3.63) is 0 Å². The minimum atomic E-state index is -0.0380. The van der Waals surface area contributed by atoms with Crippen LogP contribution in [-0.2, 0) is 0 Å². The molecule has 3 atom stereocenters. The summed E-state index contributed by atoms with van der Waals surface area (Å²) in [5, 5.41) is 9.72. The van der Waals surface area contributed by atoms with E-state index in [4.69, 9.17) is 0 Å². The molecule has 0 spiro atoms. The van der Waals surface area contributed by atoms with Crippen LogP contribution in [0.25, 0.3) is 0 Å². The number of rotatable bonds is 3. The molecule has 0 aliphatic heterocycles. The lowest BCUT2D eigenvalue weighted by Crippen LogP contribution is -2.44. The number of hydrogen-bond donors (Lipinski definition) is 1. The fourth-order valence-corrected chi connectivity index (χ4v) is 2.92. The Morgan fingerprint density at radius 1 is 1.21 bits per heavy atom. The van der Waals surface area contributed by atoms with Crippen molar-refractivity contribution in [3.63, 3.8) is 0 Å². The Balaban J connectivity index is 1.96. The summed E-state index contributed by atoms with van der Waals surface area (Å²) >= 11 is 0. The van der Waals surface area contributed by atoms with Crippen LogP contribution in [-0.4, -0.2) is 35.2 Å². The zero-order valence-electron chi connectivity index (χ0n) is 9.45. The summed E-state index contributed by atoms with van der Waals surface area (Å²) in [4.78, 5) is 2.54. The number of aliphatic hydroxyl groups excluding tert-OH is 1. The molecule has 3 unspecified atom stereocenters. The fraction of sp³-hybridized carbons (Fsp3) is 1.00. The van der Waals surface area contributed by atoms with Gasteiger partial charge in [0, 0.05) is 12.1 Å². The van der Waals surface area contributed by atoms with Crippen molar-refractivity contribution in [3.8, 4) is 0 Å². The van der Waals surface area contributed by atoms with Crippen molar-refractivity contribution in [2.75, 3.05) is 7.05 Å². The van der Waals surface area contributed by atoms with Gasteiger partial charge in [-0.05, 0) is 45.1 Å². The summed E-state index contributed by atoms with van der Waals surface area (Å²) in [6, 6.07) is 1.48. The van der Waals surface area contributed by atoms with Crippen molar-refractivity contribution in [2.45, 2.75) is 63.6 Å². The number of nitrogens with zero attached hydrogens (tertiary/aromatic N) is 1. The summed E-state index contributed by atoms with van der Waals surface area (Å²) < 4.78 is 0. The average molecular weight is 197 g/mol. The molecule has 0 aromatic heterocycles. The van der Waals surface area contributed by atoms with Crippen LogP contribution in [0.1, 0.15) is 45.4 Å². The van der Waals surface area contributed by atoms with E-state index in [1.54, 1.807) is 0 Å². The molecule has 0 amide bonds. The normalized spacial score (nSPS) is 39.0. The first-order valence-corrected chi connectivity index (χ1v) is 6.12. The highest BCUT2D eigenvalue weighted by atomic mass is 16.3. The smallest absolute Gasteiger partial charge is 0.0555 e. The topological polar surface area (TPSA) is 23.5 Å². The summed E-state index contributed by atoms with van der Waals surface area (Å²) in [6.07, 6.45) is 7.23. The van der Waals surface area contributed by atoms with Crippen LogP contribution in [0.15, 0.2) is 0 Å². The average Bonchev–Trinajstić information content (AvgIpc) is 3.00. The van der Waals surface area contributed by atoms with Gasteiger partial charge in [0.05, 0.1) is 6.10 Å². The van der Waals surface area contributed by atoms with Gasteiger partial charge in [-0.3, -0.25) is 0 Å². The Labute approximate surface area is 87.3 Å². The second-order valence-corrected chi connectivity index (χ2v) is 5.10. The van der Waals surface area contributed by atoms with Gasteiger partial charge < -0.3 is 10.0 Å². The number of hydrogen-bond acceptors (Lipinski definition) is 2. The van der Waals surface area contributed by atoms with Crippen molar-refractivity contribution in [1.29, 1.82) is 0 Å². The van der Waals surface area contributed by atoms with E-state index < -0.39 is 0 Å². The van der Waals surface area contributed by atoms with Crippen molar-refractivity contribution in [2.24, 2.45) is 5.92 Å². The Hall–Kier alpha value is -0.0800. The molecule has 0 bridgehead atoms. The Morgan fingerprint density at radius 3 is 2.50 bits per heavy atom. The summed E-state index contributed by atoms with van der Waals surface area (Å²) in [5.41, 5.74) is 0. The van der Waals surface area contributed by atoms with E-state index in [2.05, 4.69) is 18.9 Å². The molecule has 1 N–H and O–H groups in total. The molecule has 82 valence electrons. The standard InChI is InChI=1S/C12H23NO/c1-3-9-4-7-11(14)8-12(9)13(2)10-5-6-10/h9-12,14H,3-8H2,1-2H3. The van der Waals surface area contributed by atoms with Crippen LogP contribution >= 0.6 is 0 Å². The van der Waals surface area contributed by atoms with E-state index in [-0.39, 0.29) is 6.10 Å². The van der Waals surface area contributed by atoms with E-state index in [0.29, 0.717) is 6.04 Å². The minimum Gasteiger partial charge on any atom is -0.393 e. The summed E-state index contributed by atoms with van der Waals surface area (Å²) in [6.45, 7) is 2.29. The van der Waals surface area contributed by atoms with Gasteiger partial charge in [-0.2, -0.15) is 0 Å². The minimum absolute atomic E-state index is 0.0380. The van der Waals surface area contributed by atoms with Gasteiger partial charge in [0.1, 0.15) is 0 Å². The Morgan fingerprint density at radius 2 is 1.93 bits per heavy atom. The Kier molecular flexibility index (Phi) is 3.13.